The van der Waals surface area contributed by atoms with Crippen LogP contribution in [0.15, 0.2) is 47.4 Å². The number of nitrogens with one attached hydrogen (secondary N) is 3. The van der Waals surface area contributed by atoms with Crippen LogP contribution in [0.3, 0.4) is 0 Å². The molecule has 0 aromatic heterocycles. The largest absolute Gasteiger partial charge is 0.490 e. The third-order valence-corrected chi connectivity index (χ3v) is 6.13. The molecule has 1 heterocycles. The zero-order valence-electron chi connectivity index (χ0n) is 19.4. The first-order valence-corrected chi connectivity index (χ1v) is 12.2. The van der Waals surface area contributed by atoms with Crippen molar-refractivity contribution in [2.24, 2.45) is 0 Å². The number of nitrogens with zero attached hydrogens (tertiary/aromatic N) is 1. The monoisotopic (exact) mass is 534 g/mol. The zero-order chi connectivity index (χ0) is 27.1. The lowest BCUT2D eigenvalue weighted by Crippen LogP contribution is -2.43. The maximum Gasteiger partial charge on any atom is 0.490 e. The number of hydrogen-bond acceptors (Lipinski definition) is 6. The number of alkyl halides is 3. The summed E-state index contributed by atoms with van der Waals surface area (Å²) in [5.41, 5.74) is 1.36. The Bertz CT molecular complexity index is 1170. The molecule has 3 rings (SSSR count). The Labute approximate surface area is 205 Å². The summed E-state index contributed by atoms with van der Waals surface area (Å²) in [4.78, 5) is 23.3. The number of piperazine rings is 1. The lowest BCUT2D eigenvalue weighted by molar-refractivity contribution is -0.192. The molecule has 9 nitrogen and oxygen atoms in total. The molecular weight excluding hydrogens is 508 g/mol. The van der Waals surface area contributed by atoms with Crippen molar-refractivity contribution in [3.05, 3.63) is 53.8 Å². The van der Waals surface area contributed by atoms with E-state index in [2.05, 4.69) is 20.3 Å². The molecule has 1 aliphatic heterocycles. The number of hydrogen-bond donors (Lipinski definition) is 4. The smallest absolute Gasteiger partial charge is 0.475 e. The topological polar surface area (TPSA) is 128 Å². The van der Waals surface area contributed by atoms with E-state index < -0.39 is 28.0 Å². The summed E-state index contributed by atoms with van der Waals surface area (Å²) in [6.07, 6.45) is -5.08. The lowest BCUT2D eigenvalue weighted by Gasteiger charge is -2.31. The molecule has 198 valence electrons. The third-order valence-electron chi connectivity index (χ3n) is 4.75. The van der Waals surface area contributed by atoms with Crippen LogP contribution in [0.2, 0.25) is 0 Å². The average molecular weight is 535 g/mol. The average Bonchev–Trinajstić information content (AvgIpc) is 2.79. The minimum Gasteiger partial charge on any atom is -0.475 e. The number of carbonyl (C=O) groups excluding carboxylic acids is 1. The molecule has 0 unspecified atom stereocenters. The van der Waals surface area contributed by atoms with E-state index in [1.54, 1.807) is 12.1 Å². The Kier molecular flexibility index (Phi) is 9.64. The van der Waals surface area contributed by atoms with E-state index >= 15 is 0 Å². The maximum atomic E-state index is 13.2. The van der Waals surface area contributed by atoms with Crippen LogP contribution in [0.5, 0.6) is 0 Å². The van der Waals surface area contributed by atoms with Crippen molar-refractivity contribution < 1.29 is 40.7 Å². The van der Waals surface area contributed by atoms with Gasteiger partial charge in [-0.05, 0) is 56.3 Å². The molecule has 2 aromatic carbocycles. The summed E-state index contributed by atoms with van der Waals surface area (Å²) in [5, 5.41) is 13.2. The second-order valence-electron chi connectivity index (χ2n) is 7.96. The predicted octanol–water partition coefficient (Wildman–Crippen LogP) is 2.81. The number of aliphatic carboxylic acids is 1. The fraction of sp³-hybridized carbons (Fsp3) is 0.364. The molecule has 1 fully saturated rings. The first-order chi connectivity index (χ1) is 16.7. The molecule has 2 aromatic rings. The fourth-order valence-corrected chi connectivity index (χ4v) is 4.17. The van der Waals surface area contributed by atoms with Gasteiger partial charge in [-0.15, -0.1) is 0 Å². The van der Waals surface area contributed by atoms with Crippen molar-refractivity contribution in [1.29, 1.82) is 0 Å². The summed E-state index contributed by atoms with van der Waals surface area (Å²) in [5.74, 6) is -3.56. The van der Waals surface area contributed by atoms with Gasteiger partial charge in [0.05, 0.1) is 16.3 Å². The number of amides is 1. The van der Waals surface area contributed by atoms with E-state index in [9.17, 15) is 30.8 Å². The van der Waals surface area contributed by atoms with Crippen LogP contribution < -0.4 is 20.3 Å². The molecule has 14 heteroatoms. The van der Waals surface area contributed by atoms with Gasteiger partial charge in [0, 0.05) is 37.8 Å². The van der Waals surface area contributed by atoms with E-state index in [0.717, 1.165) is 25.2 Å². The summed E-state index contributed by atoms with van der Waals surface area (Å²) >= 11 is 0. The number of rotatable bonds is 6. The van der Waals surface area contributed by atoms with Gasteiger partial charge >= 0.3 is 12.1 Å². The maximum absolute atomic E-state index is 13.2. The van der Waals surface area contributed by atoms with Gasteiger partial charge in [-0.2, -0.15) is 13.2 Å². The first-order valence-electron chi connectivity index (χ1n) is 10.7. The Balaban J connectivity index is 0.000000572. The van der Waals surface area contributed by atoms with Crippen LogP contribution in [0, 0.1) is 5.82 Å². The first kappa shape index (κ1) is 28.8. The molecule has 1 aliphatic rings. The van der Waals surface area contributed by atoms with Crippen molar-refractivity contribution in [2.45, 2.75) is 31.0 Å². The Morgan fingerprint density at radius 3 is 2.11 bits per heavy atom. The quantitative estimate of drug-likeness (QED) is 0.420. The molecule has 4 N–H and O–H groups in total. The third kappa shape index (κ3) is 8.37. The Morgan fingerprint density at radius 2 is 1.61 bits per heavy atom. The van der Waals surface area contributed by atoms with Gasteiger partial charge < -0.3 is 20.6 Å². The standard InChI is InChI=1S/C20H25FN4O3S.C2HF3O2/c1-14(2)23-20(26)15-3-8-19(25-11-9-22-10-12-25)18(13-15)24-29(27,28)17-6-4-16(21)5-7-17;3-2(4,5)1(6)7/h3-8,13-14,22,24H,9-12H2,1-2H3,(H,23,26);(H,6,7). The van der Waals surface area contributed by atoms with E-state index in [-0.39, 0.29) is 16.8 Å². The molecular formula is C22H26F4N4O5S. The van der Waals surface area contributed by atoms with Crippen LogP contribution in [0.4, 0.5) is 28.9 Å². The van der Waals surface area contributed by atoms with Crippen LogP contribution in [-0.4, -0.2) is 63.8 Å². The highest BCUT2D eigenvalue weighted by molar-refractivity contribution is 7.92. The summed E-state index contributed by atoms with van der Waals surface area (Å²) in [6, 6.07) is 9.53. The highest BCUT2D eigenvalue weighted by Crippen LogP contribution is 2.30. The van der Waals surface area contributed by atoms with Gasteiger partial charge in [0.25, 0.3) is 15.9 Å². The Morgan fingerprint density at radius 1 is 1.06 bits per heavy atom. The van der Waals surface area contributed by atoms with Crippen LogP contribution in [0.25, 0.3) is 0 Å². The van der Waals surface area contributed by atoms with Gasteiger partial charge in [-0.25, -0.2) is 17.6 Å². The molecule has 1 saturated heterocycles. The molecule has 0 spiro atoms. The van der Waals surface area contributed by atoms with Crippen molar-refractivity contribution in [2.75, 3.05) is 35.8 Å². The second kappa shape index (κ2) is 12.0. The molecule has 0 atom stereocenters. The summed E-state index contributed by atoms with van der Waals surface area (Å²) in [7, 11) is -3.95. The number of anilines is 2. The van der Waals surface area contributed by atoms with Crippen molar-refractivity contribution in [3.63, 3.8) is 0 Å². The summed E-state index contributed by atoms with van der Waals surface area (Å²) in [6.45, 7) is 6.68. The Hall–Kier alpha value is -3.39. The summed E-state index contributed by atoms with van der Waals surface area (Å²) < 4.78 is 73.2. The number of halogens is 4. The minimum absolute atomic E-state index is 0.0466. The zero-order valence-corrected chi connectivity index (χ0v) is 20.2. The number of carboxylic acids is 1. The fourth-order valence-electron chi connectivity index (χ4n) is 3.10. The van der Waals surface area contributed by atoms with Gasteiger partial charge in [0.15, 0.2) is 0 Å². The number of benzene rings is 2. The minimum atomic E-state index is -5.08. The van der Waals surface area contributed by atoms with Crippen molar-refractivity contribution >= 4 is 33.3 Å². The van der Waals surface area contributed by atoms with E-state index in [0.29, 0.717) is 30.0 Å². The van der Waals surface area contributed by atoms with Gasteiger partial charge in [-0.1, -0.05) is 0 Å². The molecule has 0 aliphatic carbocycles. The highest BCUT2D eigenvalue weighted by atomic mass is 32.2. The highest BCUT2D eigenvalue weighted by Gasteiger charge is 2.38. The van der Waals surface area contributed by atoms with E-state index in [4.69, 9.17) is 9.90 Å². The SMILES string of the molecule is CC(C)NC(=O)c1ccc(N2CCNCC2)c(NS(=O)(=O)c2ccc(F)cc2)c1.O=C(O)C(F)(F)F. The van der Waals surface area contributed by atoms with Crippen molar-refractivity contribution in [3.8, 4) is 0 Å². The molecule has 0 saturated carbocycles. The van der Waals surface area contributed by atoms with Crippen LogP contribution >= 0.6 is 0 Å². The van der Waals surface area contributed by atoms with Crippen molar-refractivity contribution in [1.82, 2.24) is 10.6 Å². The number of carboxylic acid groups (broad SMARTS) is 1. The molecule has 0 radical (unpaired) electrons. The van der Waals surface area contributed by atoms with Gasteiger partial charge in [-0.3, -0.25) is 9.52 Å². The molecule has 36 heavy (non-hydrogen) atoms. The van der Waals surface area contributed by atoms with Gasteiger partial charge in [0.2, 0.25) is 0 Å². The van der Waals surface area contributed by atoms with Gasteiger partial charge in [0.1, 0.15) is 5.82 Å². The predicted molar refractivity (Wildman–Crippen MR) is 125 cm³/mol. The lowest BCUT2D eigenvalue weighted by atomic mass is 10.1. The van der Waals surface area contributed by atoms with E-state index in [1.165, 1.54) is 18.2 Å². The van der Waals surface area contributed by atoms with Crippen LogP contribution in [0.1, 0.15) is 24.2 Å². The number of carbonyl (C=O) groups is 2. The second-order valence-corrected chi connectivity index (χ2v) is 9.64. The molecule has 0 bridgehead atoms. The normalized spacial score (nSPS) is 14.0. The number of sulfonamides is 1. The van der Waals surface area contributed by atoms with E-state index in [1.807, 2.05) is 13.8 Å². The molecule has 1 amide bonds. The van der Waals surface area contributed by atoms with Crippen LogP contribution in [-0.2, 0) is 14.8 Å².